The van der Waals surface area contributed by atoms with Gasteiger partial charge in [0.2, 0.25) is 0 Å². The number of hydrogen-bond acceptors (Lipinski definition) is 4. The molecule has 0 aliphatic rings. The standard InChI is InChI=1S/C27H44O4/c1-2-3-4-5-6-7-8-9-10-11-12-13-14-15-19-22-26(28)31-24-27(29)30-23-25-20-17-16-18-21-25/h16-18,20-21H,2-15,19,22-24H2,1H3. The van der Waals surface area contributed by atoms with Gasteiger partial charge >= 0.3 is 11.9 Å². The number of ether oxygens (including phenoxy) is 2. The van der Waals surface area contributed by atoms with E-state index < -0.39 is 5.97 Å². The largest absolute Gasteiger partial charge is 0.458 e. The van der Waals surface area contributed by atoms with E-state index in [9.17, 15) is 9.59 Å². The van der Waals surface area contributed by atoms with Crippen LogP contribution in [0.1, 0.15) is 115 Å². The Labute approximate surface area is 190 Å². The molecule has 0 saturated carbocycles. The highest BCUT2D eigenvalue weighted by Gasteiger charge is 2.08. The smallest absolute Gasteiger partial charge is 0.344 e. The third-order valence-electron chi connectivity index (χ3n) is 5.58. The Bertz CT molecular complexity index is 556. The minimum absolute atomic E-state index is 0.205. The Morgan fingerprint density at radius 2 is 1.10 bits per heavy atom. The molecule has 0 bridgehead atoms. The molecule has 0 aromatic heterocycles. The van der Waals surface area contributed by atoms with Gasteiger partial charge in [-0.15, -0.1) is 0 Å². The van der Waals surface area contributed by atoms with Crippen molar-refractivity contribution in [3.8, 4) is 0 Å². The van der Waals surface area contributed by atoms with Gasteiger partial charge < -0.3 is 9.47 Å². The molecule has 0 aliphatic carbocycles. The first-order valence-corrected chi connectivity index (χ1v) is 12.6. The highest BCUT2D eigenvalue weighted by Crippen LogP contribution is 2.13. The van der Waals surface area contributed by atoms with Gasteiger partial charge in [-0.2, -0.15) is 0 Å². The summed E-state index contributed by atoms with van der Waals surface area (Å²) in [5.41, 5.74) is 0.917. The zero-order chi connectivity index (χ0) is 22.4. The summed E-state index contributed by atoms with van der Waals surface area (Å²) in [6.45, 7) is 2.17. The Morgan fingerprint density at radius 1 is 0.613 bits per heavy atom. The van der Waals surface area contributed by atoms with Gasteiger partial charge in [-0.3, -0.25) is 4.79 Å². The molecule has 0 fully saturated rings. The maximum Gasteiger partial charge on any atom is 0.344 e. The Kier molecular flexibility index (Phi) is 17.6. The van der Waals surface area contributed by atoms with Crippen LogP contribution < -0.4 is 0 Å². The number of rotatable bonds is 20. The van der Waals surface area contributed by atoms with Crippen LogP contribution in [0.25, 0.3) is 0 Å². The van der Waals surface area contributed by atoms with Crippen LogP contribution in [0, 0.1) is 0 Å². The summed E-state index contributed by atoms with van der Waals surface area (Å²) in [4.78, 5) is 23.4. The van der Waals surface area contributed by atoms with E-state index in [0.29, 0.717) is 6.42 Å². The topological polar surface area (TPSA) is 52.6 Å². The van der Waals surface area contributed by atoms with Crippen molar-refractivity contribution in [2.24, 2.45) is 0 Å². The second kappa shape index (κ2) is 20.1. The predicted octanol–water partition coefficient (Wildman–Crippen LogP) is 7.53. The fourth-order valence-electron chi connectivity index (χ4n) is 3.63. The lowest BCUT2D eigenvalue weighted by Gasteiger charge is -2.06. The second-order valence-electron chi connectivity index (χ2n) is 8.51. The molecule has 0 spiro atoms. The number of carbonyl (C=O) groups excluding carboxylic acids is 2. The number of unbranched alkanes of at least 4 members (excludes halogenated alkanes) is 14. The lowest BCUT2D eigenvalue weighted by Crippen LogP contribution is -2.16. The molecule has 0 atom stereocenters. The van der Waals surface area contributed by atoms with E-state index in [1.54, 1.807) is 0 Å². The van der Waals surface area contributed by atoms with Crippen LogP contribution in [0.3, 0.4) is 0 Å². The van der Waals surface area contributed by atoms with Gasteiger partial charge in [0.25, 0.3) is 0 Å². The Morgan fingerprint density at radius 3 is 1.61 bits per heavy atom. The lowest BCUT2D eigenvalue weighted by molar-refractivity contribution is -0.159. The number of carbonyl (C=O) groups is 2. The molecule has 176 valence electrons. The van der Waals surface area contributed by atoms with E-state index in [1.165, 1.54) is 83.5 Å². The molecular weight excluding hydrogens is 388 g/mol. The SMILES string of the molecule is CCCCCCCCCCCCCCCCCC(=O)OCC(=O)OCc1ccccc1. The third kappa shape index (κ3) is 17.5. The van der Waals surface area contributed by atoms with Crippen LogP contribution >= 0.6 is 0 Å². The summed E-state index contributed by atoms with van der Waals surface area (Å²) in [5.74, 6) is -0.819. The van der Waals surface area contributed by atoms with Crippen LogP contribution in [-0.4, -0.2) is 18.5 Å². The molecule has 1 aromatic carbocycles. The van der Waals surface area contributed by atoms with Crippen LogP contribution in [0.15, 0.2) is 30.3 Å². The molecule has 0 aliphatic heterocycles. The van der Waals surface area contributed by atoms with Crippen molar-refractivity contribution in [2.45, 2.75) is 116 Å². The normalized spacial score (nSPS) is 10.7. The average Bonchev–Trinajstić information content (AvgIpc) is 2.79. The quantitative estimate of drug-likeness (QED) is 0.158. The number of esters is 2. The molecule has 0 amide bonds. The highest BCUT2D eigenvalue weighted by atomic mass is 16.6. The molecule has 1 aromatic rings. The van der Waals surface area contributed by atoms with Gasteiger partial charge in [0.1, 0.15) is 6.61 Å². The molecule has 31 heavy (non-hydrogen) atoms. The molecule has 0 saturated heterocycles. The molecule has 4 heteroatoms. The van der Waals surface area contributed by atoms with Crippen LogP contribution in [0.2, 0.25) is 0 Å². The van der Waals surface area contributed by atoms with Crippen molar-refractivity contribution < 1.29 is 19.1 Å². The van der Waals surface area contributed by atoms with E-state index in [4.69, 9.17) is 9.47 Å². The lowest BCUT2D eigenvalue weighted by atomic mass is 10.0. The Hall–Kier alpha value is -1.84. The van der Waals surface area contributed by atoms with E-state index in [0.717, 1.165) is 18.4 Å². The molecule has 0 N–H and O–H groups in total. The minimum Gasteiger partial charge on any atom is -0.458 e. The molecule has 0 heterocycles. The van der Waals surface area contributed by atoms with Gasteiger partial charge in [-0.25, -0.2) is 4.79 Å². The first kappa shape index (κ1) is 27.2. The number of hydrogen-bond donors (Lipinski definition) is 0. The van der Waals surface area contributed by atoms with E-state index in [-0.39, 0.29) is 19.2 Å². The van der Waals surface area contributed by atoms with Crippen molar-refractivity contribution in [1.29, 1.82) is 0 Å². The fraction of sp³-hybridized carbons (Fsp3) is 0.704. The van der Waals surface area contributed by atoms with E-state index >= 15 is 0 Å². The van der Waals surface area contributed by atoms with Gasteiger partial charge in [0, 0.05) is 6.42 Å². The minimum atomic E-state index is -0.506. The fourth-order valence-corrected chi connectivity index (χ4v) is 3.63. The van der Waals surface area contributed by atoms with Crippen LogP contribution in [-0.2, 0) is 25.7 Å². The summed E-state index contributed by atoms with van der Waals surface area (Å²) in [6, 6.07) is 9.46. The molecule has 4 nitrogen and oxygen atoms in total. The second-order valence-corrected chi connectivity index (χ2v) is 8.51. The number of benzene rings is 1. The van der Waals surface area contributed by atoms with Gasteiger partial charge in [0.05, 0.1) is 0 Å². The first-order valence-electron chi connectivity index (χ1n) is 12.6. The molecule has 1 rings (SSSR count). The molecule has 0 unspecified atom stereocenters. The van der Waals surface area contributed by atoms with E-state index in [1.807, 2.05) is 30.3 Å². The molecule has 0 radical (unpaired) electrons. The van der Waals surface area contributed by atoms with Gasteiger partial charge in [-0.1, -0.05) is 127 Å². The average molecular weight is 433 g/mol. The molecular formula is C27H44O4. The zero-order valence-corrected chi connectivity index (χ0v) is 19.7. The highest BCUT2D eigenvalue weighted by molar-refractivity contribution is 5.76. The summed E-state index contributed by atoms with van der Waals surface area (Å²) in [6.07, 6.45) is 19.8. The van der Waals surface area contributed by atoms with Crippen molar-refractivity contribution >= 4 is 11.9 Å². The first-order chi connectivity index (χ1) is 15.2. The summed E-state index contributed by atoms with van der Waals surface area (Å²) in [7, 11) is 0. The Balaban J connectivity index is 1.81. The summed E-state index contributed by atoms with van der Waals surface area (Å²) < 4.78 is 10.1. The van der Waals surface area contributed by atoms with Crippen molar-refractivity contribution in [2.75, 3.05) is 6.61 Å². The van der Waals surface area contributed by atoms with E-state index in [2.05, 4.69) is 6.92 Å². The van der Waals surface area contributed by atoms with Crippen LogP contribution in [0.4, 0.5) is 0 Å². The third-order valence-corrected chi connectivity index (χ3v) is 5.58. The van der Waals surface area contributed by atoms with Crippen molar-refractivity contribution in [3.63, 3.8) is 0 Å². The van der Waals surface area contributed by atoms with Crippen molar-refractivity contribution in [1.82, 2.24) is 0 Å². The summed E-state index contributed by atoms with van der Waals surface area (Å²) in [5, 5.41) is 0. The van der Waals surface area contributed by atoms with Crippen molar-refractivity contribution in [3.05, 3.63) is 35.9 Å². The summed E-state index contributed by atoms with van der Waals surface area (Å²) >= 11 is 0. The van der Waals surface area contributed by atoms with Crippen LogP contribution in [0.5, 0.6) is 0 Å². The monoisotopic (exact) mass is 432 g/mol. The maximum absolute atomic E-state index is 11.7. The van der Waals surface area contributed by atoms with Gasteiger partial charge in [-0.05, 0) is 12.0 Å². The predicted molar refractivity (Wildman–Crippen MR) is 127 cm³/mol. The maximum atomic E-state index is 11.7. The van der Waals surface area contributed by atoms with Gasteiger partial charge in [0.15, 0.2) is 6.61 Å². The zero-order valence-electron chi connectivity index (χ0n) is 19.7.